The Morgan fingerprint density at radius 2 is 1.86 bits per heavy atom. The van der Waals surface area contributed by atoms with Crippen molar-refractivity contribution in [1.82, 2.24) is 14.5 Å². The van der Waals surface area contributed by atoms with Crippen molar-refractivity contribution in [3.63, 3.8) is 0 Å². The van der Waals surface area contributed by atoms with Gasteiger partial charge in [0.1, 0.15) is 29.5 Å². The Bertz CT molecular complexity index is 1550. The summed E-state index contributed by atoms with van der Waals surface area (Å²) in [7, 11) is 0.164. The number of amides is 1. The number of esters is 1. The largest absolute Gasteiger partial charge is 0.496 e. The highest BCUT2D eigenvalue weighted by Gasteiger charge is 2.32. The molecule has 1 aliphatic rings. The summed E-state index contributed by atoms with van der Waals surface area (Å²) in [6, 6.07) is 7.01. The summed E-state index contributed by atoms with van der Waals surface area (Å²) in [5, 5.41) is 0.522. The second-order valence-electron chi connectivity index (χ2n) is 13.0. The summed E-state index contributed by atoms with van der Waals surface area (Å²) in [5.41, 5.74) is 2.77. The van der Waals surface area contributed by atoms with Gasteiger partial charge in [-0.1, -0.05) is 25.7 Å². The van der Waals surface area contributed by atoms with Gasteiger partial charge in [-0.2, -0.15) is 0 Å². The van der Waals surface area contributed by atoms with Crippen molar-refractivity contribution in [2.24, 2.45) is 0 Å². The lowest BCUT2D eigenvalue weighted by Gasteiger charge is -2.30. The first-order valence-electron chi connectivity index (χ1n) is 15.0. The number of fused-ring (bicyclic) bond motifs is 1. The summed E-state index contributed by atoms with van der Waals surface area (Å²) >= 11 is 0. The number of hydrogen-bond donors (Lipinski definition) is 0. The van der Waals surface area contributed by atoms with E-state index in [4.69, 9.17) is 23.9 Å². The van der Waals surface area contributed by atoms with Gasteiger partial charge < -0.3 is 28.4 Å². The molecule has 9 nitrogen and oxygen atoms in total. The van der Waals surface area contributed by atoms with E-state index in [0.29, 0.717) is 65.3 Å². The van der Waals surface area contributed by atoms with Gasteiger partial charge in [0.25, 0.3) is 0 Å². The number of hydrogen-bond acceptors (Lipinski definition) is 7. The quantitative estimate of drug-likeness (QED) is 0.132. The van der Waals surface area contributed by atoms with E-state index in [1.165, 1.54) is 19.2 Å². The molecule has 0 saturated heterocycles. The number of rotatable bonds is 10. The molecule has 1 aromatic carbocycles. The number of halogens is 1. The fourth-order valence-electron chi connectivity index (χ4n) is 5.15. The third-order valence-corrected chi connectivity index (χ3v) is 8.96. The predicted octanol–water partition coefficient (Wildman–Crippen LogP) is 7.36. The zero-order valence-corrected chi connectivity index (χ0v) is 28.1. The lowest BCUT2D eigenvalue weighted by Crippen LogP contribution is -2.39. The fraction of sp³-hybridized carbons (Fsp3) is 0.485. The summed E-state index contributed by atoms with van der Waals surface area (Å²) in [6.07, 6.45) is 3.65. The minimum atomic E-state index is -1.36. The van der Waals surface area contributed by atoms with Crippen LogP contribution in [0, 0.1) is 5.82 Å². The molecule has 44 heavy (non-hydrogen) atoms. The molecule has 11 heteroatoms. The van der Waals surface area contributed by atoms with Crippen LogP contribution in [0.4, 0.5) is 9.18 Å². The molecular formula is C33H44FN3O6Si. The molecule has 1 aliphatic heterocycles. The normalized spacial score (nSPS) is 14.0. The van der Waals surface area contributed by atoms with E-state index in [-0.39, 0.29) is 13.3 Å². The number of carbonyl (C=O) groups is 2. The molecule has 1 amide bonds. The van der Waals surface area contributed by atoms with Crippen molar-refractivity contribution in [3.8, 4) is 16.9 Å². The van der Waals surface area contributed by atoms with Crippen molar-refractivity contribution >= 4 is 36.7 Å². The number of ether oxygens (including phenoxy) is 4. The lowest BCUT2D eigenvalue weighted by molar-refractivity contribution is 0.0269. The van der Waals surface area contributed by atoms with Crippen LogP contribution >= 0.6 is 0 Å². The fourth-order valence-corrected chi connectivity index (χ4v) is 5.91. The zero-order chi connectivity index (χ0) is 32.2. The second kappa shape index (κ2) is 13.5. The number of carbonyl (C=O) groups excluding carboxylic acids is 2. The van der Waals surface area contributed by atoms with Crippen molar-refractivity contribution in [1.29, 1.82) is 0 Å². The van der Waals surface area contributed by atoms with Gasteiger partial charge in [0.05, 0.1) is 25.0 Å². The van der Waals surface area contributed by atoms with Crippen LogP contribution in [-0.4, -0.2) is 73.6 Å². The van der Waals surface area contributed by atoms with Crippen LogP contribution in [-0.2, 0) is 20.9 Å². The second-order valence-corrected chi connectivity index (χ2v) is 18.6. The molecule has 0 spiro atoms. The SMILES string of the molecule is CCOC(=O)c1c(C2=CCN(C(=O)OC(C)(C)C)CC2)n(COCC[Si](C)(C)C)c2nccc(-c3cc(F)ccc3OC)c12. The Kier molecular flexibility index (Phi) is 10.2. The summed E-state index contributed by atoms with van der Waals surface area (Å²) < 4.78 is 39.5. The van der Waals surface area contributed by atoms with Crippen LogP contribution in [0.5, 0.6) is 5.75 Å². The van der Waals surface area contributed by atoms with Crippen LogP contribution in [0.1, 0.15) is 50.2 Å². The van der Waals surface area contributed by atoms with Gasteiger partial charge in [0, 0.05) is 44.9 Å². The Hall–Kier alpha value is -3.70. The van der Waals surface area contributed by atoms with Gasteiger partial charge in [0.2, 0.25) is 0 Å². The van der Waals surface area contributed by atoms with Crippen molar-refractivity contribution in [2.45, 2.75) is 72.1 Å². The maximum atomic E-state index is 14.6. The molecule has 0 atom stereocenters. The third kappa shape index (κ3) is 7.68. The number of nitrogens with zero attached hydrogens (tertiary/aromatic N) is 3. The Morgan fingerprint density at radius 3 is 2.48 bits per heavy atom. The van der Waals surface area contributed by atoms with Gasteiger partial charge >= 0.3 is 12.1 Å². The van der Waals surface area contributed by atoms with Gasteiger partial charge in [-0.25, -0.2) is 19.0 Å². The van der Waals surface area contributed by atoms with E-state index in [1.807, 2.05) is 31.4 Å². The summed E-state index contributed by atoms with van der Waals surface area (Å²) in [4.78, 5) is 33.0. The molecule has 0 fully saturated rings. The van der Waals surface area contributed by atoms with Gasteiger partial charge in [-0.05, 0) is 75.6 Å². The van der Waals surface area contributed by atoms with Crippen molar-refractivity contribution in [3.05, 3.63) is 53.6 Å². The summed E-state index contributed by atoms with van der Waals surface area (Å²) in [6.45, 7) is 15.7. The smallest absolute Gasteiger partial charge is 0.410 e. The molecule has 3 aromatic rings. The Balaban J connectivity index is 1.92. The molecule has 0 aliphatic carbocycles. The molecule has 0 N–H and O–H groups in total. The minimum Gasteiger partial charge on any atom is -0.496 e. The molecular weight excluding hydrogens is 581 g/mol. The monoisotopic (exact) mass is 625 g/mol. The molecule has 0 saturated carbocycles. The van der Waals surface area contributed by atoms with Gasteiger partial charge in [0.15, 0.2) is 0 Å². The average molecular weight is 626 g/mol. The Morgan fingerprint density at radius 1 is 1.11 bits per heavy atom. The molecule has 0 bridgehead atoms. The van der Waals surface area contributed by atoms with E-state index in [0.717, 1.165) is 11.6 Å². The number of aromatic nitrogens is 2. The Labute approximate surface area is 259 Å². The van der Waals surface area contributed by atoms with Crippen LogP contribution in [0.25, 0.3) is 27.7 Å². The van der Waals surface area contributed by atoms with Gasteiger partial charge in [-0.15, -0.1) is 0 Å². The minimum absolute atomic E-state index is 0.152. The number of pyridine rings is 1. The molecule has 4 rings (SSSR count). The highest BCUT2D eigenvalue weighted by atomic mass is 28.3. The lowest BCUT2D eigenvalue weighted by atomic mass is 9.96. The van der Waals surface area contributed by atoms with E-state index in [2.05, 4.69) is 19.6 Å². The topological polar surface area (TPSA) is 92.1 Å². The van der Waals surface area contributed by atoms with E-state index < -0.39 is 31.6 Å². The highest BCUT2D eigenvalue weighted by molar-refractivity contribution is 6.76. The predicted molar refractivity (Wildman–Crippen MR) is 172 cm³/mol. The van der Waals surface area contributed by atoms with Crippen molar-refractivity contribution in [2.75, 3.05) is 33.4 Å². The number of benzene rings is 1. The first-order valence-corrected chi connectivity index (χ1v) is 18.7. The van der Waals surface area contributed by atoms with Crippen molar-refractivity contribution < 1.29 is 32.9 Å². The van der Waals surface area contributed by atoms with Crippen LogP contribution < -0.4 is 4.74 Å². The third-order valence-electron chi connectivity index (χ3n) is 7.26. The maximum absolute atomic E-state index is 14.6. The summed E-state index contributed by atoms with van der Waals surface area (Å²) in [5.74, 6) is -0.497. The van der Waals surface area contributed by atoms with Crippen LogP contribution in [0.2, 0.25) is 25.7 Å². The van der Waals surface area contributed by atoms with E-state index >= 15 is 0 Å². The van der Waals surface area contributed by atoms with Crippen LogP contribution in [0.3, 0.4) is 0 Å². The van der Waals surface area contributed by atoms with E-state index in [9.17, 15) is 14.0 Å². The molecule has 0 radical (unpaired) electrons. The first kappa shape index (κ1) is 33.2. The maximum Gasteiger partial charge on any atom is 0.410 e. The first-order chi connectivity index (χ1) is 20.7. The van der Waals surface area contributed by atoms with Gasteiger partial charge in [-0.3, -0.25) is 0 Å². The zero-order valence-electron chi connectivity index (χ0n) is 27.1. The highest BCUT2D eigenvalue weighted by Crippen LogP contribution is 2.41. The number of methoxy groups -OCH3 is 1. The molecule has 3 heterocycles. The molecule has 0 unspecified atom stereocenters. The standard InChI is InChI=1S/C33H44FN3O6Si/c1-9-42-31(38)28-27-24(25-20-23(34)10-11-26(25)40-5)12-15-35-30(27)37(21-41-18-19-44(6,7)8)29(28)22-13-16-36(17-14-22)32(39)43-33(2,3)4/h10-13,15,20H,9,14,16-19,21H2,1-8H3. The average Bonchev–Trinajstić information content (AvgIpc) is 3.28. The van der Waals surface area contributed by atoms with E-state index in [1.54, 1.807) is 30.2 Å². The van der Waals surface area contributed by atoms with Crippen LogP contribution in [0.15, 0.2) is 36.5 Å². The molecule has 238 valence electrons. The molecule has 2 aromatic heterocycles.